The van der Waals surface area contributed by atoms with E-state index in [1.165, 1.54) is 45.1 Å². The van der Waals surface area contributed by atoms with Gasteiger partial charge in [0, 0.05) is 19.8 Å². The highest BCUT2D eigenvalue weighted by atomic mass is 16.6. The van der Waals surface area contributed by atoms with Crippen LogP contribution in [0.1, 0.15) is 71.2 Å². The van der Waals surface area contributed by atoms with E-state index >= 15 is 0 Å². The van der Waals surface area contributed by atoms with Crippen LogP contribution in [0.25, 0.3) is 0 Å². The van der Waals surface area contributed by atoms with Crippen LogP contribution in [0.5, 0.6) is 5.75 Å². The van der Waals surface area contributed by atoms with Crippen LogP contribution in [0.3, 0.4) is 0 Å². The molecule has 0 saturated heterocycles. The van der Waals surface area contributed by atoms with Gasteiger partial charge in [-0.1, -0.05) is 12.7 Å². The van der Waals surface area contributed by atoms with E-state index in [2.05, 4.69) is 22.7 Å². The number of aliphatic hydroxyl groups excluding tert-OH is 1. The molecule has 47 heavy (non-hydrogen) atoms. The van der Waals surface area contributed by atoms with Crippen LogP contribution in [-0.2, 0) is 33.3 Å². The second-order valence-electron chi connectivity index (χ2n) is 12.0. The van der Waals surface area contributed by atoms with Crippen molar-refractivity contribution in [2.24, 2.45) is 0 Å². The van der Waals surface area contributed by atoms with Crippen molar-refractivity contribution in [3.63, 3.8) is 0 Å². The zero-order valence-corrected chi connectivity index (χ0v) is 27.8. The lowest BCUT2D eigenvalue weighted by atomic mass is 9.97. The number of hydrogen-bond acceptors (Lipinski definition) is 13. The molecule has 15 nitrogen and oxygen atoms in total. The van der Waals surface area contributed by atoms with Crippen molar-refractivity contribution in [3.05, 3.63) is 48.3 Å². The Morgan fingerprint density at radius 3 is 2.38 bits per heavy atom. The molecule has 0 saturated carbocycles. The van der Waals surface area contributed by atoms with Crippen molar-refractivity contribution >= 4 is 29.6 Å². The number of amides is 2. The Hall–Kier alpha value is -4.34. The molecule has 0 spiro atoms. The molecule has 2 amide bonds. The number of hydrazine groups is 1. The first-order valence-electron chi connectivity index (χ1n) is 15.1. The number of anilines is 1. The van der Waals surface area contributed by atoms with Gasteiger partial charge in [-0.25, -0.2) is 19.8 Å². The molecule has 0 aromatic heterocycles. The summed E-state index contributed by atoms with van der Waals surface area (Å²) in [7, 11) is 0. The molecule has 2 rings (SSSR count). The second-order valence-corrected chi connectivity index (χ2v) is 12.0. The van der Waals surface area contributed by atoms with E-state index in [0.29, 0.717) is 5.69 Å². The van der Waals surface area contributed by atoms with E-state index < -0.39 is 47.7 Å². The Bertz CT molecular complexity index is 1270. The first-order chi connectivity index (χ1) is 22.0. The van der Waals surface area contributed by atoms with Crippen molar-refractivity contribution in [1.82, 2.24) is 10.7 Å². The number of aliphatic hydroxyl groups is 2. The molecule has 0 aliphatic carbocycles. The topological polar surface area (TPSA) is 200 Å². The molecular weight excluding hydrogens is 618 g/mol. The SMILES string of the molecule is C=CCOc1ccc(NNC(=O)OC(C)(C)C)cc1C(=O)OCCCOC(=O)C1=CC[C@@H](NC(C)=O)[C@H]([C@H](O)CCOC(C)(C)O)O1. The predicted molar refractivity (Wildman–Crippen MR) is 169 cm³/mol. The van der Waals surface area contributed by atoms with Crippen LogP contribution >= 0.6 is 0 Å². The molecule has 1 aliphatic rings. The first-order valence-corrected chi connectivity index (χ1v) is 15.1. The minimum Gasteiger partial charge on any atom is -0.489 e. The molecule has 0 radical (unpaired) electrons. The van der Waals surface area contributed by atoms with Crippen molar-refractivity contribution in [3.8, 4) is 5.75 Å². The minimum atomic E-state index is -1.39. The number of rotatable bonds is 17. The van der Waals surface area contributed by atoms with Gasteiger partial charge in [-0.3, -0.25) is 10.2 Å². The van der Waals surface area contributed by atoms with Gasteiger partial charge in [-0.05, 0) is 65.3 Å². The van der Waals surface area contributed by atoms with Crippen LogP contribution in [0.15, 0.2) is 42.7 Å². The third-order valence-electron chi connectivity index (χ3n) is 6.07. The molecular formula is C32H47N3O12. The third kappa shape index (κ3) is 14.7. The number of carbonyl (C=O) groups excluding carboxylic acids is 4. The summed E-state index contributed by atoms with van der Waals surface area (Å²) in [6.07, 6.45) is 0.579. The molecule has 1 aliphatic heterocycles. The molecule has 15 heteroatoms. The summed E-state index contributed by atoms with van der Waals surface area (Å²) in [6.45, 7) is 12.9. The van der Waals surface area contributed by atoms with E-state index in [1.54, 1.807) is 26.8 Å². The third-order valence-corrected chi connectivity index (χ3v) is 6.07. The summed E-state index contributed by atoms with van der Waals surface area (Å²) in [5, 5.41) is 23.2. The Morgan fingerprint density at radius 2 is 1.77 bits per heavy atom. The van der Waals surface area contributed by atoms with Crippen molar-refractivity contribution < 1.29 is 57.8 Å². The lowest BCUT2D eigenvalue weighted by Gasteiger charge is -2.35. The molecule has 1 aromatic rings. The Labute approximate surface area is 274 Å². The van der Waals surface area contributed by atoms with Gasteiger partial charge in [0.1, 0.15) is 29.6 Å². The summed E-state index contributed by atoms with van der Waals surface area (Å²) in [4.78, 5) is 49.3. The Morgan fingerprint density at radius 1 is 1.09 bits per heavy atom. The van der Waals surface area contributed by atoms with Crippen LogP contribution in [0.2, 0.25) is 0 Å². The monoisotopic (exact) mass is 665 g/mol. The number of nitrogens with one attached hydrogen (secondary N) is 3. The van der Waals surface area contributed by atoms with Gasteiger partial charge in [0.15, 0.2) is 5.79 Å². The van der Waals surface area contributed by atoms with E-state index in [4.69, 9.17) is 28.4 Å². The number of esters is 2. The van der Waals surface area contributed by atoms with Gasteiger partial charge >= 0.3 is 18.0 Å². The van der Waals surface area contributed by atoms with Crippen molar-refractivity contribution in [1.29, 1.82) is 0 Å². The Balaban J connectivity index is 1.92. The highest BCUT2D eigenvalue weighted by molar-refractivity contribution is 5.94. The fraction of sp³-hybridized carbons (Fsp3) is 0.562. The van der Waals surface area contributed by atoms with Gasteiger partial charge < -0.3 is 44.0 Å². The van der Waals surface area contributed by atoms with Crippen molar-refractivity contribution in [2.45, 2.75) is 90.4 Å². The lowest BCUT2D eigenvalue weighted by molar-refractivity contribution is -0.182. The quantitative estimate of drug-likeness (QED) is 0.0407. The molecule has 5 N–H and O–H groups in total. The normalized spacial score (nSPS) is 16.8. The lowest BCUT2D eigenvalue weighted by Crippen LogP contribution is -2.51. The summed E-state index contributed by atoms with van der Waals surface area (Å²) < 4.78 is 32.4. The Kier molecular flexibility index (Phi) is 15.0. The van der Waals surface area contributed by atoms with Gasteiger partial charge in [0.25, 0.3) is 0 Å². The summed E-state index contributed by atoms with van der Waals surface area (Å²) in [5.41, 5.74) is 4.79. The van der Waals surface area contributed by atoms with Crippen molar-refractivity contribution in [2.75, 3.05) is 31.9 Å². The highest BCUT2D eigenvalue weighted by Gasteiger charge is 2.36. The molecule has 0 bridgehead atoms. The molecule has 3 atom stereocenters. The molecule has 1 aromatic carbocycles. The van der Waals surface area contributed by atoms with E-state index in [0.717, 1.165) is 0 Å². The highest BCUT2D eigenvalue weighted by Crippen LogP contribution is 2.25. The maximum Gasteiger partial charge on any atom is 0.426 e. The largest absolute Gasteiger partial charge is 0.489 e. The first kappa shape index (κ1) is 38.8. The zero-order chi connectivity index (χ0) is 35.2. The van der Waals surface area contributed by atoms with E-state index in [1.807, 2.05) is 0 Å². The van der Waals surface area contributed by atoms with Gasteiger partial charge in [-0.15, -0.1) is 0 Å². The summed E-state index contributed by atoms with van der Waals surface area (Å²) in [5.74, 6) is -3.15. The van der Waals surface area contributed by atoms with Crippen LogP contribution in [0.4, 0.5) is 10.5 Å². The number of ether oxygens (including phenoxy) is 6. The van der Waals surface area contributed by atoms with Gasteiger partial charge in [0.2, 0.25) is 11.7 Å². The molecule has 1 heterocycles. The molecule has 262 valence electrons. The predicted octanol–water partition coefficient (Wildman–Crippen LogP) is 2.87. The fourth-order valence-electron chi connectivity index (χ4n) is 4.13. The number of hydrogen-bond donors (Lipinski definition) is 5. The smallest absolute Gasteiger partial charge is 0.426 e. The zero-order valence-electron chi connectivity index (χ0n) is 27.8. The van der Waals surface area contributed by atoms with Gasteiger partial charge in [-0.2, -0.15) is 0 Å². The van der Waals surface area contributed by atoms with Crippen LogP contribution in [-0.4, -0.2) is 90.2 Å². The number of benzene rings is 1. The van der Waals surface area contributed by atoms with E-state index in [-0.39, 0.29) is 68.7 Å². The average molecular weight is 666 g/mol. The van der Waals surface area contributed by atoms with Gasteiger partial charge in [0.05, 0.1) is 37.7 Å². The fourth-order valence-corrected chi connectivity index (χ4v) is 4.13. The summed E-state index contributed by atoms with van der Waals surface area (Å²) >= 11 is 0. The van der Waals surface area contributed by atoms with Crippen LogP contribution < -0.4 is 20.9 Å². The molecule has 0 unspecified atom stereocenters. The number of carbonyl (C=O) groups is 4. The maximum absolute atomic E-state index is 12.9. The summed E-state index contributed by atoms with van der Waals surface area (Å²) in [6, 6.07) is 3.93. The standard InChI is InChI=1S/C32H47N3O12/c1-8-15-42-25-12-10-21(34-35-30(40)47-31(3,4)5)19-22(25)28(38)43-16-9-17-44-29(39)26-13-11-23(33-20(2)36)27(46-26)24(37)14-18-45-32(6,7)41/h8,10,12-13,19,23-24,27,34,37,41H,1,9,11,14-18H2,2-7H3,(H,33,36)(H,35,40)/t23-,24-,27-/m1/s1. The minimum absolute atomic E-state index is 0.00514. The molecule has 0 fully saturated rings. The maximum atomic E-state index is 12.9. The average Bonchev–Trinajstić information content (AvgIpc) is 2.97. The van der Waals surface area contributed by atoms with E-state index in [9.17, 15) is 29.4 Å². The second kappa shape index (κ2) is 18.1. The van der Waals surface area contributed by atoms with Crippen LogP contribution in [0, 0.1) is 0 Å².